The Morgan fingerprint density at radius 1 is 0.727 bits per heavy atom. The Kier molecular flexibility index (Phi) is 26.0. The van der Waals surface area contributed by atoms with Crippen molar-refractivity contribution in [2.24, 2.45) is 0 Å². The van der Waals surface area contributed by atoms with Gasteiger partial charge in [-0.05, 0) is 30.1 Å². The van der Waals surface area contributed by atoms with E-state index < -0.39 is 0 Å². The number of hydrogen-bond donors (Lipinski definition) is 3. The predicted molar refractivity (Wildman–Crippen MR) is 147 cm³/mol. The monoisotopic (exact) mass is 807 g/mol. The average molecular weight is 807 g/mol. The van der Waals surface area contributed by atoms with Gasteiger partial charge in [0.2, 0.25) is 11.8 Å². The van der Waals surface area contributed by atoms with Crippen LogP contribution in [0.2, 0.25) is 0 Å². The molecule has 0 fully saturated rings. The van der Waals surface area contributed by atoms with Crippen LogP contribution in [0, 0.1) is 0 Å². The Morgan fingerprint density at radius 3 is 1.73 bits per heavy atom. The molecule has 0 aromatic heterocycles. The van der Waals surface area contributed by atoms with E-state index in [2.05, 4.69) is 64.5 Å². The highest BCUT2D eigenvalue weighted by molar-refractivity contribution is 14.1. The number of hydrogen-bond acceptors (Lipinski definition) is 6. The van der Waals surface area contributed by atoms with Gasteiger partial charge in [-0.25, -0.2) is 0 Å². The number of amides is 2. The first-order valence-electron chi connectivity index (χ1n) is 12.0. The van der Waals surface area contributed by atoms with Crippen molar-refractivity contribution in [3.63, 3.8) is 0 Å². The molecule has 0 radical (unpaired) electrons. The van der Waals surface area contributed by atoms with Crippen LogP contribution in [0.1, 0.15) is 70.6 Å². The van der Waals surface area contributed by atoms with Crippen molar-refractivity contribution in [3.05, 3.63) is 0 Å². The Bertz CT molecular complexity index is 516. The Morgan fingerprint density at radius 2 is 1.21 bits per heavy atom. The molecule has 0 saturated carbocycles. The van der Waals surface area contributed by atoms with Gasteiger partial charge in [-0.3, -0.25) is 18.0 Å². The lowest BCUT2D eigenvalue weighted by atomic mass is 10.1. The third-order valence-electron chi connectivity index (χ3n) is 5.08. The molecule has 33 heavy (non-hydrogen) atoms. The van der Waals surface area contributed by atoms with Crippen LogP contribution in [0.3, 0.4) is 0 Å². The second-order valence-corrected chi connectivity index (χ2v) is 10.7. The topological polar surface area (TPSA) is 99.8 Å². The normalized spacial score (nSPS) is 10.9. The molecule has 0 atom stereocenters. The summed E-state index contributed by atoms with van der Waals surface area (Å²) >= 11 is 5.88. The van der Waals surface area contributed by atoms with Gasteiger partial charge in [-0.15, -0.1) is 0 Å². The van der Waals surface area contributed by atoms with Gasteiger partial charge in [0.15, 0.2) is 0 Å². The third-order valence-corrected chi connectivity index (χ3v) is 6.72. The fourth-order valence-corrected chi connectivity index (χ4v) is 4.24. The van der Waals surface area contributed by atoms with Crippen LogP contribution in [-0.4, -0.2) is 71.0 Å². The summed E-state index contributed by atoms with van der Waals surface area (Å²) in [7, 11) is 0. The zero-order valence-electron chi connectivity index (χ0n) is 19.7. The summed E-state index contributed by atoms with van der Waals surface area (Å²) in [6.45, 7) is 4.97. The molecule has 0 heterocycles. The van der Waals surface area contributed by atoms with Crippen molar-refractivity contribution in [3.8, 4) is 0 Å². The van der Waals surface area contributed by atoms with E-state index in [0.29, 0.717) is 32.5 Å². The van der Waals surface area contributed by atoms with Gasteiger partial charge in [0.25, 0.3) is 0 Å². The number of nitrogens with zero attached hydrogens (tertiary/aromatic N) is 1. The summed E-state index contributed by atoms with van der Waals surface area (Å²) in [4.78, 5) is 37.0. The van der Waals surface area contributed by atoms with Crippen LogP contribution in [0.15, 0.2) is 0 Å². The molecule has 11 heteroatoms. The second-order valence-electron chi connectivity index (χ2n) is 7.89. The number of alkyl halides is 1. The fourth-order valence-electron chi connectivity index (χ4n) is 3.23. The molecule has 0 aliphatic rings. The first kappa shape index (κ1) is 33.5. The summed E-state index contributed by atoms with van der Waals surface area (Å²) < 4.78 is 9.01. The molecular formula is C22H42I3N4O4+. The van der Waals surface area contributed by atoms with E-state index in [1.807, 2.05) is 0 Å². The maximum absolute atomic E-state index is 12.0. The second kappa shape index (κ2) is 25.6. The molecular weight excluding hydrogens is 765 g/mol. The maximum atomic E-state index is 12.0. The standard InChI is InChI=1S/C22H41I3N4O4/c23-12-8-4-1-2-6-10-20(30)26-13-16-29(18-15-28-25)17-14-27-21(31)11-7-3-5-9-19-33-22(24)32/h24,28H,1-19H2,(H-,26,27,30,31)/p+1. The van der Waals surface area contributed by atoms with Crippen LogP contribution in [0.25, 0.3) is 0 Å². The zero-order valence-corrected chi connectivity index (χ0v) is 26.3. The molecule has 0 rings (SSSR count). The highest BCUT2D eigenvalue weighted by Crippen LogP contribution is 2.06. The van der Waals surface area contributed by atoms with Gasteiger partial charge >= 0.3 is 26.6 Å². The first-order chi connectivity index (χ1) is 16.0. The number of rotatable bonds is 23. The smallest absolute Gasteiger partial charge is 0.428 e. The van der Waals surface area contributed by atoms with Crippen LogP contribution in [-0.2, 0) is 14.3 Å². The van der Waals surface area contributed by atoms with Crippen molar-refractivity contribution >= 4 is 61.2 Å². The number of unbranched alkanes of at least 4 members (excludes halogenated alkanes) is 7. The van der Waals surface area contributed by atoms with E-state index in [-0.39, 0.29) is 15.8 Å². The molecule has 3 N–H and O–H groups in total. The van der Waals surface area contributed by atoms with Gasteiger partial charge in [-0.2, -0.15) is 4.79 Å². The van der Waals surface area contributed by atoms with E-state index in [4.69, 9.17) is 4.74 Å². The van der Waals surface area contributed by atoms with Gasteiger partial charge in [0.05, 0.1) is 6.61 Å². The number of carbonyl (C=O) groups excluding carboxylic acids is 3. The van der Waals surface area contributed by atoms with E-state index in [1.165, 1.54) is 46.3 Å². The molecule has 8 nitrogen and oxygen atoms in total. The lowest BCUT2D eigenvalue weighted by molar-refractivity contribution is -0.282. The molecule has 0 unspecified atom stereocenters. The SMILES string of the molecule is O=C(CCCCCCCI)NCCN(CCNI)CCNC(=O)CCCCCCOC(=O)[IH+]. The van der Waals surface area contributed by atoms with Crippen LogP contribution in [0.5, 0.6) is 0 Å². The maximum Gasteiger partial charge on any atom is 0.550 e. The van der Waals surface area contributed by atoms with E-state index in [0.717, 1.165) is 64.7 Å². The summed E-state index contributed by atoms with van der Waals surface area (Å²) in [5, 5.41) is 6.02. The van der Waals surface area contributed by atoms with Crippen LogP contribution in [0.4, 0.5) is 4.79 Å². The summed E-state index contributed by atoms with van der Waals surface area (Å²) in [5.74, 6) is 0.214. The third kappa shape index (κ3) is 25.4. The lowest BCUT2D eigenvalue weighted by Gasteiger charge is -2.22. The molecule has 0 aliphatic carbocycles. The first-order valence-corrected chi connectivity index (χ1v) is 15.8. The van der Waals surface area contributed by atoms with E-state index >= 15 is 0 Å². The summed E-state index contributed by atoms with van der Waals surface area (Å²) in [6.07, 6.45) is 10.6. The fraction of sp³-hybridized carbons (Fsp3) is 0.864. The molecule has 0 bridgehead atoms. The highest BCUT2D eigenvalue weighted by Gasteiger charge is 2.08. The van der Waals surface area contributed by atoms with Gasteiger partial charge in [-0.1, -0.05) is 54.7 Å². The van der Waals surface area contributed by atoms with E-state index in [1.54, 1.807) is 0 Å². The zero-order chi connectivity index (χ0) is 24.6. The summed E-state index contributed by atoms with van der Waals surface area (Å²) in [5.41, 5.74) is 0. The minimum absolute atomic E-state index is 0.0779. The Labute approximate surface area is 241 Å². The van der Waals surface area contributed by atoms with Crippen molar-refractivity contribution in [2.45, 2.75) is 70.6 Å². The molecule has 2 amide bonds. The number of ether oxygens (including phenoxy) is 1. The number of halogens is 3. The molecule has 0 aromatic rings. The van der Waals surface area contributed by atoms with Gasteiger partial charge in [0.1, 0.15) is 0 Å². The highest BCUT2D eigenvalue weighted by atomic mass is 127. The Balaban J connectivity index is 3.84. The number of nitrogens with one attached hydrogen (secondary N) is 3. The molecule has 0 aliphatic heterocycles. The number of carbonyl (C=O) groups is 3. The lowest BCUT2D eigenvalue weighted by Crippen LogP contribution is -3.38. The van der Waals surface area contributed by atoms with Gasteiger partial charge < -0.3 is 15.4 Å². The van der Waals surface area contributed by atoms with Crippen LogP contribution < -0.4 is 36.8 Å². The van der Waals surface area contributed by atoms with Crippen molar-refractivity contribution in [2.75, 3.05) is 50.3 Å². The van der Waals surface area contributed by atoms with Crippen LogP contribution >= 0.6 is 45.5 Å². The van der Waals surface area contributed by atoms with E-state index in [9.17, 15) is 14.4 Å². The molecule has 194 valence electrons. The Hall–Kier alpha value is 0.520. The molecule has 0 saturated heterocycles. The minimum atomic E-state index is -0.233. The van der Waals surface area contributed by atoms with Crippen molar-refractivity contribution < 1.29 is 41.7 Å². The van der Waals surface area contributed by atoms with Crippen molar-refractivity contribution in [1.29, 1.82) is 0 Å². The van der Waals surface area contributed by atoms with Crippen molar-refractivity contribution in [1.82, 2.24) is 19.1 Å². The summed E-state index contributed by atoms with van der Waals surface area (Å²) in [6, 6.07) is 0. The largest absolute Gasteiger partial charge is 0.550 e. The van der Waals surface area contributed by atoms with Gasteiger partial charge in [0, 0.05) is 75.0 Å². The average Bonchev–Trinajstić information content (AvgIpc) is 2.78. The predicted octanol–water partition coefficient (Wildman–Crippen LogP) is 0.609. The molecule has 0 aromatic carbocycles. The quantitative estimate of drug-likeness (QED) is 0.0461. The molecule has 0 spiro atoms. The minimum Gasteiger partial charge on any atom is -0.428 e.